The van der Waals surface area contributed by atoms with Crippen molar-refractivity contribution in [2.45, 2.75) is 45.5 Å². The van der Waals surface area contributed by atoms with Crippen LogP contribution >= 0.6 is 0 Å². The van der Waals surface area contributed by atoms with E-state index in [1.807, 2.05) is 24.3 Å². The summed E-state index contributed by atoms with van der Waals surface area (Å²) in [6, 6.07) is 7.73. The van der Waals surface area contributed by atoms with Crippen LogP contribution < -0.4 is 5.32 Å². The smallest absolute Gasteiger partial charge is 0.247 e. The first-order valence-electron chi connectivity index (χ1n) is 6.82. The van der Waals surface area contributed by atoms with E-state index in [1.165, 1.54) is 6.08 Å². The van der Waals surface area contributed by atoms with Gasteiger partial charge in [0, 0.05) is 5.69 Å². The summed E-state index contributed by atoms with van der Waals surface area (Å²) in [6.07, 6.45) is 1.26. The van der Waals surface area contributed by atoms with Crippen LogP contribution in [0.4, 0.5) is 5.69 Å². The Labute approximate surface area is 123 Å². The van der Waals surface area contributed by atoms with Crippen LogP contribution in [0, 0.1) is 0 Å². The molecule has 0 spiro atoms. The third-order valence-corrected chi connectivity index (χ3v) is 8.26. The van der Waals surface area contributed by atoms with Crippen molar-refractivity contribution in [2.75, 3.05) is 5.32 Å². The molecule has 0 aliphatic heterocycles. The van der Waals surface area contributed by atoms with Crippen LogP contribution in [0.25, 0.3) is 0 Å². The Hall–Kier alpha value is -1.39. The van der Waals surface area contributed by atoms with E-state index in [2.05, 4.69) is 45.8 Å². The lowest BCUT2D eigenvalue weighted by Gasteiger charge is -2.36. The molecule has 3 nitrogen and oxygen atoms in total. The van der Waals surface area contributed by atoms with Crippen LogP contribution in [0.5, 0.6) is 0 Å². The molecule has 1 amide bonds. The molecular formula is C16H25NO2Si. The van der Waals surface area contributed by atoms with Gasteiger partial charge in [-0.25, -0.2) is 0 Å². The third kappa shape index (κ3) is 4.61. The standard InChI is InChI=1S/C16H25NO2Si/c1-7-15(18)17-14-10-8-9-13(11-14)12-19-20(5,6)16(2,3)4/h7-11H,1,12H2,2-6H3,(H,17,18). The van der Waals surface area contributed by atoms with Crippen molar-refractivity contribution in [3.05, 3.63) is 42.5 Å². The molecule has 1 N–H and O–H groups in total. The van der Waals surface area contributed by atoms with E-state index in [-0.39, 0.29) is 10.9 Å². The van der Waals surface area contributed by atoms with Crippen molar-refractivity contribution in [2.24, 2.45) is 0 Å². The molecule has 1 rings (SSSR count). The molecule has 0 radical (unpaired) electrons. The molecule has 0 bridgehead atoms. The highest BCUT2D eigenvalue weighted by atomic mass is 28.4. The van der Waals surface area contributed by atoms with Crippen molar-refractivity contribution < 1.29 is 9.22 Å². The summed E-state index contributed by atoms with van der Waals surface area (Å²) < 4.78 is 6.17. The highest BCUT2D eigenvalue weighted by Crippen LogP contribution is 2.37. The van der Waals surface area contributed by atoms with Gasteiger partial charge in [-0.3, -0.25) is 4.79 Å². The Morgan fingerprint density at radius 1 is 1.40 bits per heavy atom. The molecular weight excluding hydrogens is 266 g/mol. The fourth-order valence-electron chi connectivity index (χ4n) is 1.41. The minimum atomic E-state index is -1.75. The Morgan fingerprint density at radius 2 is 2.05 bits per heavy atom. The van der Waals surface area contributed by atoms with Gasteiger partial charge in [-0.2, -0.15) is 0 Å². The average molecular weight is 291 g/mol. The van der Waals surface area contributed by atoms with Crippen LogP contribution in [0.1, 0.15) is 26.3 Å². The zero-order valence-electron chi connectivity index (χ0n) is 13.1. The number of nitrogens with one attached hydrogen (secondary N) is 1. The molecule has 1 aromatic rings. The zero-order valence-corrected chi connectivity index (χ0v) is 14.1. The van der Waals surface area contributed by atoms with Gasteiger partial charge in [0.05, 0.1) is 6.61 Å². The largest absolute Gasteiger partial charge is 0.413 e. The van der Waals surface area contributed by atoms with Gasteiger partial charge in [0.2, 0.25) is 5.91 Å². The maximum absolute atomic E-state index is 11.3. The van der Waals surface area contributed by atoms with Gasteiger partial charge < -0.3 is 9.74 Å². The molecule has 0 fully saturated rings. The predicted octanol–water partition coefficient (Wildman–Crippen LogP) is 4.33. The quantitative estimate of drug-likeness (QED) is 0.647. The summed E-state index contributed by atoms with van der Waals surface area (Å²) in [7, 11) is -1.75. The van der Waals surface area contributed by atoms with E-state index in [0.29, 0.717) is 6.61 Å². The summed E-state index contributed by atoms with van der Waals surface area (Å²) in [5, 5.41) is 2.95. The summed E-state index contributed by atoms with van der Waals surface area (Å²) in [6.45, 7) is 15.2. The Balaban J connectivity index is 2.72. The molecule has 0 saturated heterocycles. The highest BCUT2D eigenvalue weighted by Gasteiger charge is 2.36. The summed E-state index contributed by atoms with van der Waals surface area (Å²) in [5.74, 6) is -0.201. The molecule has 0 heterocycles. The first-order valence-corrected chi connectivity index (χ1v) is 9.73. The van der Waals surface area contributed by atoms with Gasteiger partial charge in [-0.1, -0.05) is 39.5 Å². The fraction of sp³-hybridized carbons (Fsp3) is 0.438. The van der Waals surface area contributed by atoms with Crippen molar-refractivity contribution in [1.29, 1.82) is 0 Å². The normalized spacial score (nSPS) is 12.1. The first kappa shape index (κ1) is 16.7. The van der Waals surface area contributed by atoms with Crippen LogP contribution in [-0.4, -0.2) is 14.2 Å². The van der Waals surface area contributed by atoms with Crippen LogP contribution in [-0.2, 0) is 15.8 Å². The van der Waals surface area contributed by atoms with Crippen molar-refractivity contribution in [1.82, 2.24) is 0 Å². The summed E-state index contributed by atoms with van der Waals surface area (Å²) in [4.78, 5) is 11.3. The monoisotopic (exact) mass is 291 g/mol. The second-order valence-electron chi connectivity index (χ2n) is 6.44. The topological polar surface area (TPSA) is 38.3 Å². The first-order chi connectivity index (χ1) is 9.15. The maximum Gasteiger partial charge on any atom is 0.247 e. The number of amides is 1. The van der Waals surface area contributed by atoms with E-state index in [4.69, 9.17) is 4.43 Å². The molecule has 20 heavy (non-hydrogen) atoms. The maximum atomic E-state index is 11.3. The fourth-order valence-corrected chi connectivity index (χ4v) is 2.37. The number of benzene rings is 1. The number of hydrogen-bond donors (Lipinski definition) is 1. The van der Waals surface area contributed by atoms with Gasteiger partial charge >= 0.3 is 0 Å². The minimum absolute atomic E-state index is 0.196. The summed E-state index contributed by atoms with van der Waals surface area (Å²) in [5.41, 5.74) is 1.84. The SMILES string of the molecule is C=CC(=O)Nc1cccc(CO[Si](C)(C)C(C)(C)C)c1. The number of hydrogen-bond acceptors (Lipinski definition) is 2. The predicted molar refractivity (Wildman–Crippen MR) is 87.3 cm³/mol. The van der Waals surface area contributed by atoms with E-state index in [1.54, 1.807) is 0 Å². The van der Waals surface area contributed by atoms with Crippen molar-refractivity contribution in [3.63, 3.8) is 0 Å². The van der Waals surface area contributed by atoms with E-state index >= 15 is 0 Å². The number of rotatable bonds is 5. The summed E-state index contributed by atoms with van der Waals surface area (Å²) >= 11 is 0. The molecule has 0 saturated carbocycles. The lowest BCUT2D eigenvalue weighted by atomic mass is 10.2. The van der Waals surface area contributed by atoms with Gasteiger partial charge in [0.25, 0.3) is 0 Å². The van der Waals surface area contributed by atoms with Crippen molar-refractivity contribution in [3.8, 4) is 0 Å². The molecule has 0 atom stereocenters. The number of carbonyl (C=O) groups is 1. The molecule has 0 aromatic heterocycles. The Kier molecular flexibility index (Phi) is 5.31. The minimum Gasteiger partial charge on any atom is -0.413 e. The van der Waals surface area contributed by atoms with Gasteiger partial charge in [-0.05, 0) is 41.9 Å². The second kappa shape index (κ2) is 6.37. The van der Waals surface area contributed by atoms with Crippen LogP contribution in [0.15, 0.2) is 36.9 Å². The van der Waals surface area contributed by atoms with E-state index in [0.717, 1.165) is 11.3 Å². The van der Waals surface area contributed by atoms with Gasteiger partial charge in [-0.15, -0.1) is 0 Å². The third-order valence-electron chi connectivity index (χ3n) is 3.79. The molecule has 0 aliphatic carbocycles. The highest BCUT2D eigenvalue weighted by molar-refractivity contribution is 6.74. The molecule has 0 unspecified atom stereocenters. The number of anilines is 1. The molecule has 110 valence electrons. The Bertz CT molecular complexity index is 489. The molecule has 0 aliphatic rings. The zero-order chi connectivity index (χ0) is 15.4. The molecule has 1 aromatic carbocycles. The van der Waals surface area contributed by atoms with Gasteiger partial charge in [0.1, 0.15) is 0 Å². The second-order valence-corrected chi connectivity index (χ2v) is 11.3. The van der Waals surface area contributed by atoms with Gasteiger partial charge in [0.15, 0.2) is 8.32 Å². The average Bonchev–Trinajstić information content (AvgIpc) is 2.35. The lowest BCUT2D eigenvalue weighted by Crippen LogP contribution is -2.40. The van der Waals surface area contributed by atoms with E-state index < -0.39 is 8.32 Å². The van der Waals surface area contributed by atoms with Crippen molar-refractivity contribution >= 4 is 19.9 Å². The lowest BCUT2D eigenvalue weighted by molar-refractivity contribution is -0.111. The molecule has 4 heteroatoms. The Morgan fingerprint density at radius 3 is 2.60 bits per heavy atom. The van der Waals surface area contributed by atoms with E-state index in [9.17, 15) is 4.79 Å². The van der Waals surface area contributed by atoms with Crippen LogP contribution in [0.3, 0.4) is 0 Å². The van der Waals surface area contributed by atoms with Crippen LogP contribution in [0.2, 0.25) is 18.1 Å². The number of carbonyl (C=O) groups excluding carboxylic acids is 1.